The van der Waals surface area contributed by atoms with Crippen molar-refractivity contribution in [1.82, 2.24) is 0 Å². The van der Waals surface area contributed by atoms with Crippen LogP contribution in [0.2, 0.25) is 0 Å². The molecule has 0 nitrogen and oxygen atoms in total. The molecule has 0 aromatic heterocycles. The second-order valence-corrected chi connectivity index (χ2v) is 19.0. The Morgan fingerprint density at radius 1 is 0.395 bits per heavy atom. The molecule has 6 rings (SSSR count). The first-order chi connectivity index (χ1) is 20.4. The number of hydrogen-bond acceptors (Lipinski definition) is 0. The fourth-order valence-corrected chi connectivity index (χ4v) is 14.0. The van der Waals surface area contributed by atoms with Crippen LogP contribution < -0.4 is 21.2 Å². The molecule has 0 heterocycles. The van der Waals surface area contributed by atoms with E-state index in [1.54, 1.807) is 0 Å². The van der Waals surface area contributed by atoms with Gasteiger partial charge in [0.1, 0.15) is 0 Å². The van der Waals surface area contributed by atoms with E-state index in [0.717, 1.165) is 11.8 Å². The summed E-state index contributed by atoms with van der Waals surface area (Å²) in [6.07, 6.45) is 11.3. The first-order valence-electron chi connectivity index (χ1n) is 16.2. The first kappa shape index (κ1) is 34.1. The second-order valence-electron chi connectivity index (χ2n) is 13.3. The fourth-order valence-electron chi connectivity index (χ4n) is 7.57. The zero-order valence-corrected chi connectivity index (χ0v) is 29.5. The Bertz CT molecular complexity index is 1140. The summed E-state index contributed by atoms with van der Waals surface area (Å²) in [7, 11) is -0.610. The van der Waals surface area contributed by atoms with Crippen LogP contribution in [0, 0.1) is 11.8 Å². The predicted octanol–water partition coefficient (Wildman–Crippen LogP) is 10.2. The first-order valence-corrected chi connectivity index (χ1v) is 18.9. The second kappa shape index (κ2) is 16.0. The number of rotatable bonds is 8. The van der Waals surface area contributed by atoms with Gasteiger partial charge in [0.2, 0.25) is 0 Å². The van der Waals surface area contributed by atoms with E-state index in [-0.39, 0.29) is 32.9 Å². The van der Waals surface area contributed by atoms with Gasteiger partial charge in [-0.25, -0.2) is 0 Å². The molecular formula is C40H50FeP2. The Morgan fingerprint density at radius 3 is 0.814 bits per heavy atom. The monoisotopic (exact) mass is 648 g/mol. The fraction of sp³-hybridized carbons (Fsp3) is 0.400. The summed E-state index contributed by atoms with van der Waals surface area (Å²) >= 11 is 0. The molecule has 3 heteroatoms. The van der Waals surface area contributed by atoms with Crippen molar-refractivity contribution in [2.75, 3.05) is 0 Å². The van der Waals surface area contributed by atoms with Gasteiger partial charge in [0, 0.05) is 17.1 Å². The molecule has 43 heavy (non-hydrogen) atoms. The van der Waals surface area contributed by atoms with Gasteiger partial charge in [-0.1, -0.05) is 175 Å². The number of benzene rings is 4. The quantitative estimate of drug-likeness (QED) is 0.132. The summed E-state index contributed by atoms with van der Waals surface area (Å²) in [5, 5.41) is 6.83. The van der Waals surface area contributed by atoms with Crippen molar-refractivity contribution in [3.8, 4) is 0 Å². The Hall–Kier alpha value is -1.74. The topological polar surface area (TPSA) is 0 Å². The van der Waals surface area contributed by atoms with Crippen LogP contribution >= 0.6 is 15.8 Å². The largest absolute Gasteiger partial charge is 0.0622 e. The molecule has 4 aromatic rings. The molecule has 0 amide bonds. The van der Waals surface area contributed by atoms with Crippen LogP contribution in [0.1, 0.15) is 79.1 Å². The third kappa shape index (κ3) is 8.30. The van der Waals surface area contributed by atoms with Gasteiger partial charge in [0.05, 0.1) is 0 Å². The Balaban J connectivity index is 0.000000192. The normalized spacial score (nSPS) is 16.1. The molecule has 2 aliphatic rings. The van der Waals surface area contributed by atoms with Gasteiger partial charge in [0.25, 0.3) is 0 Å². The Morgan fingerprint density at radius 2 is 0.605 bits per heavy atom. The summed E-state index contributed by atoms with van der Waals surface area (Å²) in [5.41, 5.74) is 0. The van der Waals surface area contributed by atoms with E-state index in [4.69, 9.17) is 0 Å². The summed E-state index contributed by atoms with van der Waals surface area (Å²) in [4.78, 5) is 0. The minimum atomic E-state index is -0.305. The zero-order valence-electron chi connectivity index (χ0n) is 26.6. The average Bonchev–Trinajstić information content (AvgIpc) is 3.76. The van der Waals surface area contributed by atoms with Crippen LogP contribution in [-0.2, 0) is 17.1 Å². The van der Waals surface area contributed by atoms with Crippen LogP contribution in [0.4, 0.5) is 0 Å². The van der Waals surface area contributed by atoms with Crippen molar-refractivity contribution in [1.29, 1.82) is 0 Å². The van der Waals surface area contributed by atoms with Crippen LogP contribution in [0.3, 0.4) is 0 Å². The molecule has 0 unspecified atom stereocenters. The SMILES string of the molecule is CC(C)(C1CCCC1)P(c1ccccc1)c1ccccc1.CC(C)(C1CCCC1)P(c1ccccc1)c1ccccc1.[Fe]. The van der Waals surface area contributed by atoms with E-state index >= 15 is 0 Å². The van der Waals surface area contributed by atoms with Gasteiger partial charge < -0.3 is 0 Å². The van der Waals surface area contributed by atoms with Gasteiger partial charge in [-0.05, 0) is 84.9 Å². The molecule has 0 radical (unpaired) electrons. The van der Waals surface area contributed by atoms with E-state index < -0.39 is 0 Å². The Labute approximate surface area is 275 Å². The van der Waals surface area contributed by atoms with Gasteiger partial charge in [-0.3, -0.25) is 0 Å². The summed E-state index contributed by atoms with van der Waals surface area (Å²) < 4.78 is 0. The average molecular weight is 649 g/mol. The molecular weight excluding hydrogens is 598 g/mol. The standard InChI is InChI=1S/2C20H25P.Fe/c2*1-20(2,17-11-9-10-12-17)21(18-13-5-3-6-14-18)19-15-7-4-8-16-19;/h2*3-8,13-17H,9-12H2,1-2H3;. The molecule has 0 bridgehead atoms. The molecule has 0 spiro atoms. The van der Waals surface area contributed by atoms with Crippen molar-refractivity contribution in [3.63, 3.8) is 0 Å². The van der Waals surface area contributed by atoms with Crippen LogP contribution in [0.15, 0.2) is 121 Å². The molecule has 0 saturated heterocycles. The summed E-state index contributed by atoms with van der Waals surface area (Å²) in [6.45, 7) is 10.0. The maximum atomic E-state index is 2.51. The molecule has 0 atom stereocenters. The molecule has 0 aliphatic heterocycles. The molecule has 2 saturated carbocycles. The van der Waals surface area contributed by atoms with Crippen molar-refractivity contribution >= 4 is 37.1 Å². The van der Waals surface area contributed by atoms with Crippen LogP contribution in [0.5, 0.6) is 0 Å². The van der Waals surface area contributed by atoms with E-state index in [1.807, 2.05) is 0 Å². The molecule has 0 N–H and O–H groups in total. The van der Waals surface area contributed by atoms with Gasteiger partial charge in [0.15, 0.2) is 0 Å². The van der Waals surface area contributed by atoms with Crippen LogP contribution in [-0.4, -0.2) is 10.3 Å². The van der Waals surface area contributed by atoms with Crippen molar-refractivity contribution in [3.05, 3.63) is 121 Å². The maximum Gasteiger partial charge on any atom is 0 e. The smallest absolute Gasteiger partial charge is 0 e. The van der Waals surface area contributed by atoms with Gasteiger partial charge in [-0.2, -0.15) is 0 Å². The minimum Gasteiger partial charge on any atom is -0.0622 e. The Kier molecular flexibility index (Phi) is 12.7. The number of hydrogen-bond donors (Lipinski definition) is 0. The van der Waals surface area contributed by atoms with Gasteiger partial charge in [-0.15, -0.1) is 0 Å². The van der Waals surface area contributed by atoms with Crippen LogP contribution in [0.25, 0.3) is 0 Å². The van der Waals surface area contributed by atoms with E-state index in [9.17, 15) is 0 Å². The zero-order chi connectivity index (χ0) is 29.4. The van der Waals surface area contributed by atoms with E-state index in [2.05, 4.69) is 149 Å². The molecule has 2 fully saturated rings. The molecule has 228 valence electrons. The summed E-state index contributed by atoms with van der Waals surface area (Å²) in [6, 6.07) is 44.7. The maximum absolute atomic E-state index is 2.51. The molecule has 4 aromatic carbocycles. The third-order valence-corrected chi connectivity index (χ3v) is 16.2. The predicted molar refractivity (Wildman–Crippen MR) is 190 cm³/mol. The minimum absolute atomic E-state index is 0. The van der Waals surface area contributed by atoms with Crippen molar-refractivity contribution in [2.24, 2.45) is 11.8 Å². The molecule has 2 aliphatic carbocycles. The van der Waals surface area contributed by atoms with Crippen molar-refractivity contribution < 1.29 is 17.1 Å². The van der Waals surface area contributed by atoms with E-state index in [0.29, 0.717) is 10.3 Å². The van der Waals surface area contributed by atoms with E-state index in [1.165, 1.54) is 72.6 Å². The van der Waals surface area contributed by atoms with Crippen molar-refractivity contribution in [2.45, 2.75) is 89.4 Å². The van der Waals surface area contributed by atoms with Gasteiger partial charge >= 0.3 is 0 Å². The summed E-state index contributed by atoms with van der Waals surface area (Å²) in [5.74, 6) is 1.73. The third-order valence-electron chi connectivity index (χ3n) is 9.92.